The summed E-state index contributed by atoms with van der Waals surface area (Å²) >= 11 is 0. The summed E-state index contributed by atoms with van der Waals surface area (Å²) in [6.45, 7) is 8.41. The van der Waals surface area contributed by atoms with Crippen molar-refractivity contribution in [1.82, 2.24) is 10.3 Å². The van der Waals surface area contributed by atoms with Gasteiger partial charge >= 0.3 is 0 Å². The van der Waals surface area contributed by atoms with Crippen molar-refractivity contribution in [2.75, 3.05) is 6.54 Å². The standard InChI is InChI=1S/C27H30N2/c1-4-21-9-11-27-26(16-21)25(18-29-27)12-13-28-17-22-6-5-7-23(15-22)24-10-8-19(2)20(3)14-24/h5-11,14-16,18,28-29H,4,12-13,17H2,1-3H3. The van der Waals surface area contributed by atoms with E-state index < -0.39 is 0 Å². The lowest BCUT2D eigenvalue weighted by Gasteiger charge is -2.09. The van der Waals surface area contributed by atoms with Gasteiger partial charge in [-0.3, -0.25) is 0 Å². The van der Waals surface area contributed by atoms with E-state index in [1.807, 2.05) is 0 Å². The van der Waals surface area contributed by atoms with E-state index in [4.69, 9.17) is 0 Å². The lowest BCUT2D eigenvalue weighted by molar-refractivity contribution is 0.688. The first-order chi connectivity index (χ1) is 14.1. The number of aryl methyl sites for hydroxylation is 3. The monoisotopic (exact) mass is 382 g/mol. The molecule has 2 nitrogen and oxygen atoms in total. The van der Waals surface area contributed by atoms with E-state index in [-0.39, 0.29) is 0 Å². The van der Waals surface area contributed by atoms with E-state index >= 15 is 0 Å². The van der Waals surface area contributed by atoms with Crippen LogP contribution in [0.4, 0.5) is 0 Å². The third-order valence-corrected chi connectivity index (χ3v) is 5.91. The van der Waals surface area contributed by atoms with Crippen LogP contribution in [0, 0.1) is 13.8 Å². The molecule has 0 saturated heterocycles. The van der Waals surface area contributed by atoms with Gasteiger partial charge < -0.3 is 10.3 Å². The Morgan fingerprint density at radius 2 is 1.69 bits per heavy atom. The predicted molar refractivity (Wildman–Crippen MR) is 124 cm³/mol. The summed E-state index contributed by atoms with van der Waals surface area (Å²) in [6.07, 6.45) is 4.27. The fourth-order valence-electron chi connectivity index (χ4n) is 3.89. The van der Waals surface area contributed by atoms with Gasteiger partial charge in [0.05, 0.1) is 0 Å². The molecule has 0 spiro atoms. The van der Waals surface area contributed by atoms with Gasteiger partial charge in [0, 0.05) is 23.6 Å². The average molecular weight is 383 g/mol. The van der Waals surface area contributed by atoms with Crippen molar-refractivity contribution in [2.45, 2.75) is 40.2 Å². The van der Waals surface area contributed by atoms with Gasteiger partial charge in [-0.1, -0.05) is 49.4 Å². The highest BCUT2D eigenvalue weighted by Gasteiger charge is 2.05. The van der Waals surface area contributed by atoms with E-state index in [2.05, 4.69) is 97.9 Å². The Kier molecular flexibility index (Phi) is 5.82. The molecule has 0 atom stereocenters. The number of hydrogen-bond acceptors (Lipinski definition) is 1. The minimum Gasteiger partial charge on any atom is -0.361 e. The van der Waals surface area contributed by atoms with Crippen molar-refractivity contribution in [3.05, 3.63) is 94.7 Å². The van der Waals surface area contributed by atoms with Crippen LogP contribution in [0.15, 0.2) is 66.9 Å². The smallest absolute Gasteiger partial charge is 0.0456 e. The molecule has 2 N–H and O–H groups in total. The van der Waals surface area contributed by atoms with Crippen LogP contribution in [0.3, 0.4) is 0 Å². The predicted octanol–water partition coefficient (Wildman–Crippen LogP) is 6.35. The van der Waals surface area contributed by atoms with Gasteiger partial charge in [0.15, 0.2) is 0 Å². The summed E-state index contributed by atoms with van der Waals surface area (Å²) in [6, 6.07) is 22.3. The second kappa shape index (κ2) is 8.67. The Labute approximate surface area is 174 Å². The van der Waals surface area contributed by atoms with E-state index in [0.717, 1.165) is 25.9 Å². The number of aromatic nitrogens is 1. The molecule has 0 bridgehead atoms. The maximum absolute atomic E-state index is 3.62. The fraction of sp³-hybridized carbons (Fsp3) is 0.259. The van der Waals surface area contributed by atoms with Gasteiger partial charge in [0.25, 0.3) is 0 Å². The summed E-state index contributed by atoms with van der Waals surface area (Å²) in [4.78, 5) is 3.40. The first-order valence-electron chi connectivity index (χ1n) is 10.6. The molecule has 4 aromatic rings. The molecule has 0 aliphatic rings. The average Bonchev–Trinajstić information content (AvgIpc) is 3.15. The normalized spacial score (nSPS) is 11.3. The highest BCUT2D eigenvalue weighted by atomic mass is 14.8. The highest BCUT2D eigenvalue weighted by molar-refractivity contribution is 5.83. The number of aromatic amines is 1. The summed E-state index contributed by atoms with van der Waals surface area (Å²) < 4.78 is 0. The lowest BCUT2D eigenvalue weighted by atomic mass is 9.99. The Balaban J connectivity index is 1.38. The van der Waals surface area contributed by atoms with Gasteiger partial charge in [-0.25, -0.2) is 0 Å². The van der Waals surface area contributed by atoms with Crippen molar-refractivity contribution in [3.8, 4) is 11.1 Å². The molecule has 0 unspecified atom stereocenters. The number of nitrogens with one attached hydrogen (secondary N) is 2. The van der Waals surface area contributed by atoms with Crippen LogP contribution < -0.4 is 5.32 Å². The molecule has 1 aromatic heterocycles. The summed E-state index contributed by atoms with van der Waals surface area (Å²) in [5, 5.41) is 4.98. The van der Waals surface area contributed by atoms with Crippen LogP contribution in [-0.2, 0) is 19.4 Å². The molecule has 2 heteroatoms. The maximum atomic E-state index is 3.62. The van der Waals surface area contributed by atoms with Crippen LogP contribution in [0.1, 0.15) is 34.7 Å². The topological polar surface area (TPSA) is 27.8 Å². The Morgan fingerprint density at radius 3 is 2.52 bits per heavy atom. The van der Waals surface area contributed by atoms with Gasteiger partial charge in [-0.2, -0.15) is 0 Å². The SMILES string of the molecule is CCc1ccc2[nH]cc(CCNCc3cccc(-c4ccc(C)c(C)c4)c3)c2c1. The zero-order chi connectivity index (χ0) is 20.2. The van der Waals surface area contributed by atoms with E-state index in [9.17, 15) is 0 Å². The Morgan fingerprint density at radius 1 is 0.828 bits per heavy atom. The van der Waals surface area contributed by atoms with Gasteiger partial charge in [0.1, 0.15) is 0 Å². The number of H-pyrrole nitrogens is 1. The Bertz CT molecular complexity index is 1120. The van der Waals surface area contributed by atoms with E-state index in [1.165, 1.54) is 49.8 Å². The highest BCUT2D eigenvalue weighted by Crippen LogP contribution is 2.23. The molecule has 1 heterocycles. The fourth-order valence-corrected chi connectivity index (χ4v) is 3.89. The molecule has 0 fully saturated rings. The zero-order valence-electron chi connectivity index (χ0n) is 17.7. The largest absolute Gasteiger partial charge is 0.361 e. The van der Waals surface area contributed by atoms with Gasteiger partial charge in [0.2, 0.25) is 0 Å². The molecule has 0 aliphatic heterocycles. The van der Waals surface area contributed by atoms with Crippen molar-refractivity contribution in [3.63, 3.8) is 0 Å². The lowest BCUT2D eigenvalue weighted by Crippen LogP contribution is -2.16. The van der Waals surface area contributed by atoms with Crippen molar-refractivity contribution in [1.29, 1.82) is 0 Å². The molecule has 0 amide bonds. The molecule has 0 saturated carbocycles. The summed E-state index contributed by atoms with van der Waals surface area (Å²) in [7, 11) is 0. The van der Waals surface area contributed by atoms with Crippen LogP contribution in [0.2, 0.25) is 0 Å². The molecule has 29 heavy (non-hydrogen) atoms. The molecule has 0 aliphatic carbocycles. The summed E-state index contributed by atoms with van der Waals surface area (Å²) in [5.74, 6) is 0. The van der Waals surface area contributed by atoms with Gasteiger partial charge in [-0.15, -0.1) is 0 Å². The molecule has 0 radical (unpaired) electrons. The molecule has 148 valence electrons. The van der Waals surface area contributed by atoms with Crippen LogP contribution in [-0.4, -0.2) is 11.5 Å². The van der Waals surface area contributed by atoms with Crippen molar-refractivity contribution < 1.29 is 0 Å². The number of fused-ring (bicyclic) bond motifs is 1. The quantitative estimate of drug-likeness (QED) is 0.358. The zero-order valence-corrected chi connectivity index (χ0v) is 17.7. The van der Waals surface area contributed by atoms with E-state index in [1.54, 1.807) is 0 Å². The first-order valence-corrected chi connectivity index (χ1v) is 10.6. The molecule has 4 rings (SSSR count). The maximum Gasteiger partial charge on any atom is 0.0456 e. The third-order valence-electron chi connectivity index (χ3n) is 5.91. The third kappa shape index (κ3) is 4.44. The molecular formula is C27H30N2. The van der Waals surface area contributed by atoms with Crippen molar-refractivity contribution in [2.24, 2.45) is 0 Å². The van der Waals surface area contributed by atoms with Crippen LogP contribution >= 0.6 is 0 Å². The second-order valence-electron chi connectivity index (χ2n) is 7.97. The Hall–Kier alpha value is -2.84. The number of hydrogen-bond donors (Lipinski definition) is 2. The summed E-state index contributed by atoms with van der Waals surface area (Å²) in [5.41, 5.74) is 10.6. The minimum atomic E-state index is 0.890. The number of rotatable bonds is 7. The van der Waals surface area contributed by atoms with Crippen LogP contribution in [0.5, 0.6) is 0 Å². The number of benzene rings is 3. The van der Waals surface area contributed by atoms with Gasteiger partial charge in [-0.05, 0) is 90.4 Å². The van der Waals surface area contributed by atoms with Crippen LogP contribution in [0.25, 0.3) is 22.0 Å². The minimum absolute atomic E-state index is 0.890. The van der Waals surface area contributed by atoms with Crippen molar-refractivity contribution >= 4 is 10.9 Å². The first kappa shape index (κ1) is 19.5. The van der Waals surface area contributed by atoms with E-state index in [0.29, 0.717) is 0 Å². The second-order valence-corrected chi connectivity index (χ2v) is 7.97. The molecule has 3 aromatic carbocycles. The molecular weight excluding hydrogens is 352 g/mol.